The van der Waals surface area contributed by atoms with Crippen LogP contribution in [0, 0.1) is 0 Å². The van der Waals surface area contributed by atoms with Gasteiger partial charge in [-0.15, -0.1) is 0 Å². The second-order valence-corrected chi connectivity index (χ2v) is 7.84. The number of aryl methyl sites for hydroxylation is 1. The van der Waals surface area contributed by atoms with Gasteiger partial charge in [-0.2, -0.15) is 5.10 Å². The summed E-state index contributed by atoms with van der Waals surface area (Å²) in [7, 11) is 0. The molecule has 0 aliphatic carbocycles. The van der Waals surface area contributed by atoms with E-state index >= 15 is 0 Å². The summed E-state index contributed by atoms with van der Waals surface area (Å²) in [5.41, 5.74) is 1.58. The van der Waals surface area contributed by atoms with Gasteiger partial charge in [-0.05, 0) is 31.2 Å². The Morgan fingerprint density at radius 2 is 1.75 bits per heavy atom. The third-order valence-corrected chi connectivity index (χ3v) is 5.44. The highest BCUT2D eigenvalue weighted by Gasteiger charge is 2.39. The van der Waals surface area contributed by atoms with E-state index in [1.54, 1.807) is 12.1 Å². The summed E-state index contributed by atoms with van der Waals surface area (Å²) in [5, 5.41) is 25.4. The van der Waals surface area contributed by atoms with Crippen molar-refractivity contribution in [2.45, 2.75) is 45.1 Å². The number of hydrogen-bond donors (Lipinski definition) is 4. The highest BCUT2D eigenvalue weighted by molar-refractivity contribution is 5.94. The van der Waals surface area contributed by atoms with Crippen LogP contribution in [0.1, 0.15) is 35.3 Å². The number of likely N-dealkylation sites (N-methyl/N-ethyl adjacent to an activating group) is 1. The van der Waals surface area contributed by atoms with Crippen LogP contribution in [0.2, 0.25) is 0 Å². The number of amides is 1. The average Bonchev–Trinajstić information content (AvgIpc) is 3.28. The molecule has 0 fully saturated rings. The fourth-order valence-electron chi connectivity index (χ4n) is 3.77. The van der Waals surface area contributed by atoms with E-state index in [4.69, 9.17) is 0 Å². The summed E-state index contributed by atoms with van der Waals surface area (Å²) in [5.74, 6) is -0.231. The van der Waals surface area contributed by atoms with Crippen LogP contribution in [-0.2, 0) is 19.5 Å². The Bertz CT molecular complexity index is 961. The lowest BCUT2D eigenvalue weighted by molar-refractivity contribution is 0.0326. The van der Waals surface area contributed by atoms with Gasteiger partial charge >= 0.3 is 0 Å². The summed E-state index contributed by atoms with van der Waals surface area (Å²) in [6, 6.07) is 18.9. The zero-order chi connectivity index (χ0) is 22.8. The Morgan fingerprint density at radius 3 is 2.38 bits per heavy atom. The maximum atomic E-state index is 13.1. The van der Waals surface area contributed by atoms with Crippen LogP contribution in [-0.4, -0.2) is 45.7 Å². The number of aliphatic hydroxyl groups is 1. The predicted molar refractivity (Wildman–Crippen MR) is 126 cm³/mol. The van der Waals surface area contributed by atoms with Crippen LogP contribution in [0.5, 0.6) is 0 Å². The van der Waals surface area contributed by atoms with Crippen molar-refractivity contribution in [3.63, 3.8) is 0 Å². The molecule has 1 amide bonds. The molecule has 0 spiro atoms. The molecule has 1 aromatic heterocycles. The third kappa shape index (κ3) is 6.26. The summed E-state index contributed by atoms with van der Waals surface area (Å²) in [4.78, 5) is 13.1. The third-order valence-electron chi connectivity index (χ3n) is 5.44. The molecule has 2 aromatic carbocycles. The van der Waals surface area contributed by atoms with Crippen LogP contribution in [0.3, 0.4) is 0 Å². The molecule has 0 saturated heterocycles. The van der Waals surface area contributed by atoms with Crippen molar-refractivity contribution in [3.05, 3.63) is 89.7 Å². The van der Waals surface area contributed by atoms with E-state index in [9.17, 15) is 9.90 Å². The standard InChI is InChI=1S/C25H33N5O2/c1-3-27-25(15-20-11-7-5-8-12-20,29-24(32)22-13-9-6-10-14-22)23(31)18-26-16-21-17-28-30(4-2)19-21/h5-14,17,19,23,26-27,31H,3-4,15-16,18H2,1-2H3,(H,29,32)/t23-,25+/m1/s1. The van der Waals surface area contributed by atoms with Crippen LogP contribution in [0.15, 0.2) is 73.1 Å². The normalized spacial score (nSPS) is 14.0. The largest absolute Gasteiger partial charge is 0.388 e. The van der Waals surface area contributed by atoms with Gasteiger partial charge in [0.1, 0.15) is 11.8 Å². The molecule has 7 heteroatoms. The first-order chi connectivity index (χ1) is 15.6. The molecule has 3 rings (SSSR count). The fraction of sp³-hybridized carbons (Fsp3) is 0.360. The van der Waals surface area contributed by atoms with Gasteiger partial charge in [0.2, 0.25) is 0 Å². The van der Waals surface area contributed by atoms with Crippen molar-refractivity contribution in [1.29, 1.82) is 0 Å². The molecule has 0 aliphatic heterocycles. The molecule has 4 N–H and O–H groups in total. The van der Waals surface area contributed by atoms with E-state index in [1.807, 2.05) is 79.5 Å². The number of aromatic nitrogens is 2. The average molecular weight is 436 g/mol. The summed E-state index contributed by atoms with van der Waals surface area (Å²) in [6.45, 7) is 6.28. The number of aliphatic hydroxyl groups excluding tert-OH is 1. The van der Waals surface area contributed by atoms with Gasteiger partial charge in [0.15, 0.2) is 0 Å². The number of benzene rings is 2. The second-order valence-electron chi connectivity index (χ2n) is 7.84. The molecule has 3 aromatic rings. The molecule has 1 heterocycles. The first-order valence-corrected chi connectivity index (χ1v) is 11.1. The van der Waals surface area contributed by atoms with Crippen LogP contribution in [0.25, 0.3) is 0 Å². The van der Waals surface area contributed by atoms with Crippen LogP contribution in [0.4, 0.5) is 0 Å². The lowest BCUT2D eigenvalue weighted by Gasteiger charge is -2.40. The number of nitrogens with zero attached hydrogens (tertiary/aromatic N) is 2. The topological polar surface area (TPSA) is 91.2 Å². The summed E-state index contributed by atoms with van der Waals surface area (Å²) < 4.78 is 1.87. The van der Waals surface area contributed by atoms with Crippen LogP contribution >= 0.6 is 0 Å². The van der Waals surface area contributed by atoms with E-state index < -0.39 is 11.8 Å². The van der Waals surface area contributed by atoms with Gasteiger partial charge in [0.25, 0.3) is 5.91 Å². The SMILES string of the molecule is CCN[C@@](Cc1ccccc1)(NC(=O)c1ccccc1)[C@H](O)CNCc1cnn(CC)c1. The molecule has 0 aliphatic rings. The molecule has 0 bridgehead atoms. The maximum absolute atomic E-state index is 13.1. The highest BCUT2D eigenvalue weighted by Crippen LogP contribution is 2.17. The smallest absolute Gasteiger partial charge is 0.252 e. The van der Waals surface area contributed by atoms with Crippen molar-refractivity contribution in [2.75, 3.05) is 13.1 Å². The number of nitrogens with one attached hydrogen (secondary N) is 3. The molecule has 0 radical (unpaired) electrons. The minimum absolute atomic E-state index is 0.231. The summed E-state index contributed by atoms with van der Waals surface area (Å²) in [6.07, 6.45) is 3.37. The molecular weight excluding hydrogens is 402 g/mol. The van der Waals surface area contributed by atoms with Crippen molar-refractivity contribution < 1.29 is 9.90 Å². The zero-order valence-electron chi connectivity index (χ0n) is 18.8. The molecule has 0 saturated carbocycles. The van der Waals surface area contributed by atoms with Gasteiger partial charge in [0.05, 0.1) is 6.20 Å². The molecular formula is C25H33N5O2. The van der Waals surface area contributed by atoms with Crippen molar-refractivity contribution in [2.24, 2.45) is 0 Å². The zero-order valence-corrected chi connectivity index (χ0v) is 18.8. The molecule has 32 heavy (non-hydrogen) atoms. The van der Waals surface area contributed by atoms with Crippen molar-refractivity contribution in [3.8, 4) is 0 Å². The van der Waals surface area contributed by atoms with E-state index in [1.165, 1.54) is 0 Å². The first kappa shape index (κ1) is 23.7. The van der Waals surface area contributed by atoms with Gasteiger partial charge in [-0.25, -0.2) is 0 Å². The summed E-state index contributed by atoms with van der Waals surface area (Å²) >= 11 is 0. The Kier molecular flexibility index (Phi) is 8.56. The van der Waals surface area contributed by atoms with Crippen molar-refractivity contribution >= 4 is 5.91 Å². The quantitative estimate of drug-likeness (QED) is 0.328. The van der Waals surface area contributed by atoms with E-state index in [-0.39, 0.29) is 5.91 Å². The molecule has 0 unspecified atom stereocenters. The monoisotopic (exact) mass is 435 g/mol. The minimum Gasteiger partial charge on any atom is -0.388 e. The Labute approximate surface area is 189 Å². The lowest BCUT2D eigenvalue weighted by atomic mass is 9.92. The van der Waals surface area contributed by atoms with Gasteiger partial charge < -0.3 is 15.7 Å². The van der Waals surface area contributed by atoms with E-state index in [0.717, 1.165) is 17.7 Å². The first-order valence-electron chi connectivity index (χ1n) is 11.1. The van der Waals surface area contributed by atoms with Gasteiger partial charge in [-0.1, -0.05) is 55.5 Å². The highest BCUT2D eigenvalue weighted by atomic mass is 16.3. The lowest BCUT2D eigenvalue weighted by Crippen LogP contribution is -2.69. The molecule has 2 atom stereocenters. The molecule has 7 nitrogen and oxygen atoms in total. The Morgan fingerprint density at radius 1 is 1.06 bits per heavy atom. The fourth-order valence-corrected chi connectivity index (χ4v) is 3.77. The predicted octanol–water partition coefficient (Wildman–Crippen LogP) is 2.33. The van der Waals surface area contributed by atoms with Gasteiger partial charge in [0, 0.05) is 43.4 Å². The maximum Gasteiger partial charge on any atom is 0.252 e. The minimum atomic E-state index is -1.04. The number of carbonyl (C=O) groups excluding carboxylic acids is 1. The Hall–Kier alpha value is -3.00. The number of carbonyl (C=O) groups is 1. The van der Waals surface area contributed by atoms with Crippen molar-refractivity contribution in [1.82, 2.24) is 25.7 Å². The van der Waals surface area contributed by atoms with E-state index in [0.29, 0.717) is 31.6 Å². The number of rotatable bonds is 12. The molecule has 170 valence electrons. The number of hydrogen-bond acceptors (Lipinski definition) is 5. The Balaban J connectivity index is 1.78. The second kappa shape index (κ2) is 11.6. The van der Waals surface area contributed by atoms with Gasteiger partial charge in [-0.3, -0.25) is 14.8 Å². The van der Waals surface area contributed by atoms with E-state index in [2.05, 4.69) is 21.0 Å². The van der Waals surface area contributed by atoms with Crippen LogP contribution < -0.4 is 16.0 Å².